The summed E-state index contributed by atoms with van der Waals surface area (Å²) in [5.74, 6) is 2.39. The second-order valence-electron chi connectivity index (χ2n) is 10.3. The molecule has 0 saturated heterocycles. The van der Waals surface area contributed by atoms with Gasteiger partial charge >= 0.3 is 0 Å². The highest BCUT2D eigenvalue weighted by Gasteiger charge is 2.22. The Morgan fingerprint density at radius 3 is 1.33 bits per heavy atom. The first-order valence-corrected chi connectivity index (χ1v) is 13.0. The van der Waals surface area contributed by atoms with Crippen LogP contribution < -0.4 is 0 Å². The Labute approximate surface area is 206 Å². The third kappa shape index (κ3) is 23.8. The highest BCUT2D eigenvalue weighted by molar-refractivity contribution is 5.02. The summed E-state index contributed by atoms with van der Waals surface area (Å²) in [7, 11) is 0. The fraction of sp³-hybridized carbons (Fsp3) is 0.733. The summed E-state index contributed by atoms with van der Waals surface area (Å²) in [6.45, 7) is 17.9. The standard InChI is InChI=1S/C10H20O.2C10H18O/c1-8(2)10-5-3-9(7-11)4-6-10;2*1-9(2)5-4-6-10(3)7-8-11/h8-11H,3-7H2,1-2H3;2*5,7,11H,4,6,8H2,1-3H3/b;2*10-7-. The lowest BCUT2D eigenvalue weighted by Crippen LogP contribution is -2.20. The zero-order valence-electron chi connectivity index (χ0n) is 23.2. The van der Waals surface area contributed by atoms with E-state index in [0.717, 1.165) is 37.5 Å². The maximum Gasteiger partial charge on any atom is 0.0614 e. The highest BCUT2D eigenvalue weighted by Crippen LogP contribution is 2.32. The third-order valence-electron chi connectivity index (χ3n) is 6.15. The smallest absolute Gasteiger partial charge is 0.0614 e. The van der Waals surface area contributed by atoms with Gasteiger partial charge in [-0.15, -0.1) is 0 Å². The number of allylic oxidation sites excluding steroid dienone is 6. The molecule has 1 rings (SSSR count). The number of aliphatic hydroxyl groups is 3. The van der Waals surface area contributed by atoms with Crippen LogP contribution in [0.4, 0.5) is 0 Å². The van der Waals surface area contributed by atoms with E-state index in [1.54, 1.807) is 0 Å². The molecule has 0 spiro atoms. The average molecular weight is 465 g/mol. The molecule has 3 nitrogen and oxygen atoms in total. The molecule has 0 aromatic rings. The van der Waals surface area contributed by atoms with Crippen molar-refractivity contribution >= 4 is 0 Å². The van der Waals surface area contributed by atoms with Gasteiger partial charge in [0, 0.05) is 6.61 Å². The molecule has 3 N–H and O–H groups in total. The summed E-state index contributed by atoms with van der Waals surface area (Å²) in [4.78, 5) is 0. The van der Waals surface area contributed by atoms with Crippen LogP contribution in [0.5, 0.6) is 0 Å². The van der Waals surface area contributed by atoms with Gasteiger partial charge in [-0.25, -0.2) is 0 Å². The van der Waals surface area contributed by atoms with Crippen LogP contribution >= 0.6 is 0 Å². The summed E-state index contributed by atoms with van der Waals surface area (Å²) < 4.78 is 0. The van der Waals surface area contributed by atoms with E-state index in [1.165, 1.54) is 48.0 Å². The maximum absolute atomic E-state index is 8.92. The third-order valence-corrected chi connectivity index (χ3v) is 6.15. The van der Waals surface area contributed by atoms with Gasteiger partial charge < -0.3 is 15.3 Å². The number of aliphatic hydroxyl groups excluding tert-OH is 3. The number of hydrogen-bond donors (Lipinski definition) is 3. The van der Waals surface area contributed by atoms with Crippen molar-refractivity contribution in [3.63, 3.8) is 0 Å². The molecule has 0 unspecified atom stereocenters. The summed E-state index contributed by atoms with van der Waals surface area (Å²) in [6.07, 6.45) is 17.6. The average Bonchev–Trinajstić information content (AvgIpc) is 2.74. The van der Waals surface area contributed by atoms with Crippen LogP contribution in [-0.4, -0.2) is 35.1 Å². The summed E-state index contributed by atoms with van der Waals surface area (Å²) in [5, 5.41) is 26.0. The predicted octanol–water partition coefficient (Wildman–Crippen LogP) is 7.78. The summed E-state index contributed by atoms with van der Waals surface area (Å²) in [6, 6.07) is 0. The zero-order chi connectivity index (χ0) is 25.6. The Hall–Kier alpha value is -1.16. The Morgan fingerprint density at radius 1 is 0.667 bits per heavy atom. The molecule has 1 aliphatic rings. The van der Waals surface area contributed by atoms with E-state index in [4.69, 9.17) is 15.3 Å². The van der Waals surface area contributed by atoms with E-state index in [-0.39, 0.29) is 13.2 Å². The van der Waals surface area contributed by atoms with Crippen LogP contribution in [0.25, 0.3) is 0 Å². The minimum atomic E-state index is 0.167. The van der Waals surface area contributed by atoms with Gasteiger partial charge in [-0.3, -0.25) is 0 Å². The minimum Gasteiger partial charge on any atom is -0.396 e. The molecular weight excluding hydrogens is 408 g/mol. The van der Waals surface area contributed by atoms with E-state index in [9.17, 15) is 0 Å². The zero-order valence-corrected chi connectivity index (χ0v) is 23.2. The Morgan fingerprint density at radius 2 is 1.06 bits per heavy atom. The normalized spacial score (nSPS) is 18.5. The molecule has 1 aliphatic carbocycles. The molecule has 194 valence electrons. The van der Waals surface area contributed by atoms with Crippen LogP contribution in [0.3, 0.4) is 0 Å². The van der Waals surface area contributed by atoms with Gasteiger partial charge in [0.05, 0.1) is 13.2 Å². The topological polar surface area (TPSA) is 60.7 Å². The van der Waals surface area contributed by atoms with Crippen LogP contribution in [0.2, 0.25) is 0 Å². The molecule has 1 saturated carbocycles. The van der Waals surface area contributed by atoms with Crippen LogP contribution in [0.15, 0.2) is 46.6 Å². The molecule has 33 heavy (non-hydrogen) atoms. The Kier molecular flexibility index (Phi) is 23.3. The maximum atomic E-state index is 8.92. The van der Waals surface area contributed by atoms with Crippen molar-refractivity contribution in [3.8, 4) is 0 Å². The van der Waals surface area contributed by atoms with Crippen molar-refractivity contribution in [1.82, 2.24) is 0 Å². The van der Waals surface area contributed by atoms with Crippen molar-refractivity contribution in [1.29, 1.82) is 0 Å². The van der Waals surface area contributed by atoms with Crippen molar-refractivity contribution in [2.24, 2.45) is 17.8 Å². The van der Waals surface area contributed by atoms with Gasteiger partial charge in [-0.05, 0) is 111 Å². The highest BCUT2D eigenvalue weighted by atomic mass is 16.3. The fourth-order valence-electron chi connectivity index (χ4n) is 3.73. The summed E-state index contributed by atoms with van der Waals surface area (Å²) in [5.41, 5.74) is 5.26. The minimum absolute atomic E-state index is 0.167. The second kappa shape index (κ2) is 22.6. The van der Waals surface area contributed by atoms with Crippen molar-refractivity contribution < 1.29 is 15.3 Å². The van der Waals surface area contributed by atoms with E-state index in [1.807, 2.05) is 12.2 Å². The predicted molar refractivity (Wildman–Crippen MR) is 146 cm³/mol. The molecule has 0 radical (unpaired) electrons. The molecule has 0 atom stereocenters. The van der Waals surface area contributed by atoms with E-state index >= 15 is 0 Å². The van der Waals surface area contributed by atoms with E-state index in [0.29, 0.717) is 12.5 Å². The van der Waals surface area contributed by atoms with Gasteiger partial charge in [-0.2, -0.15) is 0 Å². The van der Waals surface area contributed by atoms with E-state index in [2.05, 4.69) is 67.5 Å². The second-order valence-corrected chi connectivity index (χ2v) is 10.3. The SMILES string of the molecule is CC(C)=CCC/C(C)=C\CO.CC(C)=CCC/C(C)=C\CO.CC(C)C1CCC(CO)CC1. The number of hydrogen-bond acceptors (Lipinski definition) is 3. The van der Waals surface area contributed by atoms with Gasteiger partial charge in [-0.1, -0.05) is 60.4 Å². The van der Waals surface area contributed by atoms with Crippen molar-refractivity contribution in [3.05, 3.63) is 46.6 Å². The largest absolute Gasteiger partial charge is 0.396 e. The van der Waals surface area contributed by atoms with E-state index < -0.39 is 0 Å². The lowest BCUT2D eigenvalue weighted by Gasteiger charge is -2.29. The van der Waals surface area contributed by atoms with Crippen molar-refractivity contribution in [2.45, 2.75) is 107 Å². The molecule has 0 bridgehead atoms. The van der Waals surface area contributed by atoms with Crippen LogP contribution in [-0.2, 0) is 0 Å². The monoisotopic (exact) mass is 464 g/mol. The fourth-order valence-corrected chi connectivity index (χ4v) is 3.73. The lowest BCUT2D eigenvalue weighted by molar-refractivity contribution is 0.151. The van der Waals surface area contributed by atoms with Crippen LogP contribution in [0.1, 0.15) is 107 Å². The molecule has 0 aromatic carbocycles. The molecule has 0 aromatic heterocycles. The Bertz CT molecular complexity index is 527. The molecule has 1 fully saturated rings. The first-order valence-electron chi connectivity index (χ1n) is 13.0. The van der Waals surface area contributed by atoms with Crippen LogP contribution in [0, 0.1) is 17.8 Å². The van der Waals surface area contributed by atoms with Gasteiger partial charge in [0.2, 0.25) is 0 Å². The molecule has 0 heterocycles. The number of rotatable bonds is 10. The molecule has 3 heteroatoms. The van der Waals surface area contributed by atoms with Gasteiger partial charge in [0.25, 0.3) is 0 Å². The van der Waals surface area contributed by atoms with Gasteiger partial charge in [0.15, 0.2) is 0 Å². The molecular formula is C30H56O3. The van der Waals surface area contributed by atoms with Gasteiger partial charge in [0.1, 0.15) is 0 Å². The lowest BCUT2D eigenvalue weighted by atomic mass is 9.77. The Balaban J connectivity index is 0. The molecule has 0 aliphatic heterocycles. The first kappa shape index (κ1) is 34.0. The quantitative estimate of drug-likeness (QED) is 0.289. The van der Waals surface area contributed by atoms with Crippen molar-refractivity contribution in [2.75, 3.05) is 19.8 Å². The molecule has 0 amide bonds. The summed E-state index contributed by atoms with van der Waals surface area (Å²) >= 11 is 0. The first-order chi connectivity index (χ1) is 15.6.